The lowest BCUT2D eigenvalue weighted by Gasteiger charge is -2.31. The van der Waals surface area contributed by atoms with E-state index in [1.807, 2.05) is 4.98 Å². The van der Waals surface area contributed by atoms with E-state index in [0.717, 1.165) is 4.31 Å². The van der Waals surface area contributed by atoms with E-state index in [4.69, 9.17) is 0 Å². The number of aromatic nitrogens is 2. The molecule has 0 aliphatic carbocycles. The topological polar surface area (TPSA) is 132 Å². The first-order valence-electron chi connectivity index (χ1n) is 8.59. The fourth-order valence-corrected chi connectivity index (χ4v) is 4.93. The second kappa shape index (κ2) is 7.68. The molecule has 2 heterocycles. The molecule has 1 amide bonds. The number of aryl methyl sites for hydroxylation is 1. The number of H-pyrrole nitrogens is 2. The summed E-state index contributed by atoms with van der Waals surface area (Å²) in [7, 11) is -4.22. The fraction of sp³-hybridized carbons (Fsp3) is 0.353. The van der Waals surface area contributed by atoms with Gasteiger partial charge in [0.25, 0.3) is 5.56 Å². The van der Waals surface area contributed by atoms with Crippen LogP contribution in [-0.2, 0) is 14.8 Å². The lowest BCUT2D eigenvalue weighted by Crippen LogP contribution is -2.45. The molecule has 0 radical (unpaired) electrons. The van der Waals surface area contributed by atoms with Crippen LogP contribution >= 0.6 is 0 Å². The van der Waals surface area contributed by atoms with Crippen molar-refractivity contribution in [2.45, 2.75) is 24.7 Å². The summed E-state index contributed by atoms with van der Waals surface area (Å²) in [5.41, 5.74) is -1.88. The van der Waals surface area contributed by atoms with Gasteiger partial charge in [0.2, 0.25) is 15.9 Å². The molecule has 1 atom stereocenters. The lowest BCUT2D eigenvalue weighted by atomic mass is 9.98. The van der Waals surface area contributed by atoms with Crippen molar-refractivity contribution in [3.05, 3.63) is 56.6 Å². The number of hydrogen-bond acceptors (Lipinski definition) is 5. The van der Waals surface area contributed by atoms with E-state index >= 15 is 0 Å². The van der Waals surface area contributed by atoms with Crippen molar-refractivity contribution in [3.8, 4) is 0 Å². The maximum atomic E-state index is 13.7. The molecule has 1 aromatic heterocycles. The molecular weight excluding hydrogens is 391 g/mol. The molecular formula is C17H19FN4O5S. The zero-order valence-corrected chi connectivity index (χ0v) is 15.8. The summed E-state index contributed by atoms with van der Waals surface area (Å²) in [4.78, 5) is 39.5. The predicted octanol–water partition coefficient (Wildman–Crippen LogP) is 0.550. The summed E-state index contributed by atoms with van der Waals surface area (Å²) >= 11 is 0. The zero-order valence-electron chi connectivity index (χ0n) is 15.0. The number of hydrogen-bond donors (Lipinski definition) is 3. The Morgan fingerprint density at radius 2 is 1.96 bits per heavy atom. The molecule has 9 nitrogen and oxygen atoms in total. The molecule has 1 saturated heterocycles. The highest BCUT2D eigenvalue weighted by molar-refractivity contribution is 7.89. The van der Waals surface area contributed by atoms with Gasteiger partial charge in [-0.05, 0) is 31.9 Å². The van der Waals surface area contributed by atoms with E-state index in [1.165, 1.54) is 25.1 Å². The van der Waals surface area contributed by atoms with Crippen LogP contribution in [-0.4, -0.2) is 41.7 Å². The number of carbonyl (C=O) groups is 1. The second-order valence-corrected chi connectivity index (χ2v) is 8.41. The molecule has 3 rings (SSSR count). The second-order valence-electron chi connectivity index (χ2n) is 6.53. The Morgan fingerprint density at radius 3 is 2.64 bits per heavy atom. The van der Waals surface area contributed by atoms with Crippen LogP contribution in [0.1, 0.15) is 18.5 Å². The van der Waals surface area contributed by atoms with Crippen molar-refractivity contribution in [1.82, 2.24) is 14.3 Å². The fourth-order valence-electron chi connectivity index (χ4n) is 3.20. The molecule has 150 valence electrons. The lowest BCUT2D eigenvalue weighted by molar-refractivity contribution is -0.120. The Hall–Kier alpha value is -2.79. The smallest absolute Gasteiger partial charge is 0.323 e. The molecule has 0 unspecified atom stereocenters. The molecule has 0 saturated carbocycles. The minimum absolute atomic E-state index is 0.0143. The van der Waals surface area contributed by atoms with Crippen LogP contribution in [0, 0.1) is 18.7 Å². The number of anilines is 1. The van der Waals surface area contributed by atoms with Gasteiger partial charge >= 0.3 is 5.69 Å². The Morgan fingerprint density at radius 1 is 1.25 bits per heavy atom. The van der Waals surface area contributed by atoms with Crippen molar-refractivity contribution < 1.29 is 17.6 Å². The average molecular weight is 410 g/mol. The van der Waals surface area contributed by atoms with Crippen LogP contribution in [0.2, 0.25) is 0 Å². The molecule has 1 aliphatic rings. The van der Waals surface area contributed by atoms with Crippen LogP contribution in [0.25, 0.3) is 0 Å². The number of halogens is 1. The van der Waals surface area contributed by atoms with E-state index in [-0.39, 0.29) is 24.5 Å². The molecule has 28 heavy (non-hydrogen) atoms. The maximum Gasteiger partial charge on any atom is 0.325 e. The Labute approximate surface area is 159 Å². The summed E-state index contributed by atoms with van der Waals surface area (Å²) in [6.07, 6.45) is 0.822. The number of carbonyl (C=O) groups excluding carboxylic acids is 1. The Bertz CT molecular complexity index is 1120. The molecule has 1 aliphatic heterocycles. The number of para-hydroxylation sites is 1. The minimum atomic E-state index is -4.22. The normalized spacial score (nSPS) is 18.0. The van der Waals surface area contributed by atoms with Crippen LogP contribution in [0.5, 0.6) is 0 Å². The molecule has 3 N–H and O–H groups in total. The van der Waals surface area contributed by atoms with E-state index < -0.39 is 43.8 Å². The zero-order chi connectivity index (χ0) is 20.5. The summed E-state index contributed by atoms with van der Waals surface area (Å²) in [5.74, 6) is -1.80. The number of piperidine rings is 1. The van der Waals surface area contributed by atoms with Crippen molar-refractivity contribution in [2.24, 2.45) is 5.92 Å². The summed E-state index contributed by atoms with van der Waals surface area (Å²) in [5, 5.41) is 2.47. The first-order valence-corrected chi connectivity index (χ1v) is 10.0. The van der Waals surface area contributed by atoms with Gasteiger partial charge in [-0.1, -0.05) is 12.1 Å². The molecule has 0 spiro atoms. The van der Waals surface area contributed by atoms with Crippen LogP contribution in [0.4, 0.5) is 10.1 Å². The molecule has 1 aromatic carbocycles. The molecule has 1 fully saturated rings. The van der Waals surface area contributed by atoms with Gasteiger partial charge in [0.05, 0.1) is 11.6 Å². The van der Waals surface area contributed by atoms with E-state index in [9.17, 15) is 27.2 Å². The van der Waals surface area contributed by atoms with Gasteiger partial charge < -0.3 is 10.3 Å². The number of aromatic amines is 2. The van der Waals surface area contributed by atoms with Crippen molar-refractivity contribution in [3.63, 3.8) is 0 Å². The number of sulfonamides is 1. The summed E-state index contributed by atoms with van der Waals surface area (Å²) < 4.78 is 40.6. The number of nitrogens with one attached hydrogen (secondary N) is 3. The van der Waals surface area contributed by atoms with Gasteiger partial charge in [0.1, 0.15) is 5.82 Å². The first kappa shape index (κ1) is 20.0. The molecule has 0 bridgehead atoms. The number of amides is 1. The standard InChI is InChI=1S/C17H19FN4O5S/c1-10-14(16(24)21-17(25)19-10)28(26,27)22-8-4-5-11(9-22)15(23)20-13-7-3-2-6-12(13)18/h2-3,6-7,11H,4-5,8-9H2,1H3,(H,20,23)(H2,19,21,24,25)/t11-/m0/s1. The highest BCUT2D eigenvalue weighted by atomic mass is 32.2. The van der Waals surface area contributed by atoms with Gasteiger partial charge in [0, 0.05) is 18.8 Å². The number of benzene rings is 1. The predicted molar refractivity (Wildman–Crippen MR) is 98.9 cm³/mol. The van der Waals surface area contributed by atoms with Crippen molar-refractivity contribution in [1.29, 1.82) is 0 Å². The largest absolute Gasteiger partial charge is 0.325 e. The first-order chi connectivity index (χ1) is 13.2. The Kier molecular flexibility index (Phi) is 5.47. The summed E-state index contributed by atoms with van der Waals surface area (Å²) in [6.45, 7) is 1.29. The minimum Gasteiger partial charge on any atom is -0.323 e. The third kappa shape index (κ3) is 3.90. The van der Waals surface area contributed by atoms with Crippen LogP contribution in [0.15, 0.2) is 38.8 Å². The van der Waals surface area contributed by atoms with Gasteiger partial charge in [-0.2, -0.15) is 4.31 Å². The number of rotatable bonds is 4. The number of nitrogens with zero attached hydrogens (tertiary/aromatic N) is 1. The van der Waals surface area contributed by atoms with Gasteiger partial charge in [-0.25, -0.2) is 17.6 Å². The third-order valence-electron chi connectivity index (χ3n) is 4.56. The highest BCUT2D eigenvalue weighted by Crippen LogP contribution is 2.24. The average Bonchev–Trinajstić information content (AvgIpc) is 2.62. The Balaban J connectivity index is 1.83. The van der Waals surface area contributed by atoms with Gasteiger partial charge in [-0.15, -0.1) is 0 Å². The van der Waals surface area contributed by atoms with E-state index in [1.54, 1.807) is 6.07 Å². The van der Waals surface area contributed by atoms with E-state index in [2.05, 4.69) is 10.3 Å². The quantitative estimate of drug-likeness (QED) is 0.677. The molecule has 2 aromatic rings. The summed E-state index contributed by atoms with van der Waals surface area (Å²) in [6, 6.07) is 5.68. The highest BCUT2D eigenvalue weighted by Gasteiger charge is 2.36. The van der Waals surface area contributed by atoms with Crippen molar-refractivity contribution in [2.75, 3.05) is 18.4 Å². The van der Waals surface area contributed by atoms with Crippen molar-refractivity contribution >= 4 is 21.6 Å². The van der Waals surface area contributed by atoms with Crippen LogP contribution in [0.3, 0.4) is 0 Å². The maximum absolute atomic E-state index is 13.7. The third-order valence-corrected chi connectivity index (χ3v) is 6.58. The SMILES string of the molecule is Cc1[nH]c(=O)[nH]c(=O)c1S(=O)(=O)N1CCC[C@H](C(=O)Nc2ccccc2F)C1. The van der Waals surface area contributed by atoms with E-state index in [0.29, 0.717) is 12.8 Å². The van der Waals surface area contributed by atoms with Crippen LogP contribution < -0.4 is 16.6 Å². The van der Waals surface area contributed by atoms with Gasteiger partial charge in [-0.3, -0.25) is 14.6 Å². The monoisotopic (exact) mass is 410 g/mol. The van der Waals surface area contributed by atoms with Gasteiger partial charge in [0.15, 0.2) is 4.90 Å². The molecule has 11 heteroatoms.